The summed E-state index contributed by atoms with van der Waals surface area (Å²) >= 11 is 0. The van der Waals surface area contributed by atoms with E-state index < -0.39 is 11.8 Å². The van der Waals surface area contributed by atoms with E-state index in [1.165, 1.54) is 6.21 Å². The number of hydrazone groups is 1. The lowest BCUT2D eigenvalue weighted by Gasteiger charge is -2.09. The number of carbonyl (C=O) groups excluding carboxylic acids is 2. The summed E-state index contributed by atoms with van der Waals surface area (Å²) in [6.07, 6.45) is 3.07. The Balaban J connectivity index is 1.78. The van der Waals surface area contributed by atoms with E-state index >= 15 is 0 Å². The van der Waals surface area contributed by atoms with Crippen LogP contribution in [-0.2, 0) is 4.79 Å². The molecule has 0 aliphatic heterocycles. The van der Waals surface area contributed by atoms with Crippen LogP contribution in [0.5, 0.6) is 11.5 Å². The number of rotatable bonds is 8. The summed E-state index contributed by atoms with van der Waals surface area (Å²) in [6, 6.07) is 22.9. The second-order valence-electron chi connectivity index (χ2n) is 6.62. The fourth-order valence-electron chi connectivity index (χ4n) is 2.72. The van der Waals surface area contributed by atoms with E-state index in [1.807, 2.05) is 6.07 Å². The van der Waals surface area contributed by atoms with E-state index in [2.05, 4.69) is 15.8 Å². The Morgan fingerprint density at radius 2 is 1.34 bits per heavy atom. The highest BCUT2D eigenvalue weighted by molar-refractivity contribution is 6.05. The van der Waals surface area contributed by atoms with Crippen LogP contribution in [0.15, 0.2) is 89.7 Å². The summed E-state index contributed by atoms with van der Waals surface area (Å²) < 4.78 is 10.3. The van der Waals surface area contributed by atoms with Gasteiger partial charge < -0.3 is 14.8 Å². The fourth-order valence-corrected chi connectivity index (χ4v) is 2.72. The van der Waals surface area contributed by atoms with Crippen LogP contribution in [0.2, 0.25) is 0 Å². The van der Waals surface area contributed by atoms with E-state index in [9.17, 15) is 9.59 Å². The number of nitrogens with zero attached hydrogens (tertiary/aromatic N) is 1. The fraction of sp³-hybridized carbons (Fsp3) is 0.0800. The first kappa shape index (κ1) is 22.3. The number of carbonyl (C=O) groups is 2. The van der Waals surface area contributed by atoms with Crippen molar-refractivity contribution in [1.29, 1.82) is 0 Å². The van der Waals surface area contributed by atoms with Crippen LogP contribution in [0.3, 0.4) is 0 Å². The monoisotopic (exact) mass is 429 g/mol. The van der Waals surface area contributed by atoms with Gasteiger partial charge in [0.15, 0.2) is 0 Å². The van der Waals surface area contributed by atoms with Crippen LogP contribution in [0.4, 0.5) is 0 Å². The predicted octanol–water partition coefficient (Wildman–Crippen LogP) is 3.63. The Kier molecular flexibility index (Phi) is 7.75. The molecule has 2 amide bonds. The van der Waals surface area contributed by atoms with Gasteiger partial charge in [-0.3, -0.25) is 9.59 Å². The molecule has 0 aliphatic rings. The van der Waals surface area contributed by atoms with Crippen molar-refractivity contribution in [2.75, 3.05) is 14.2 Å². The molecule has 0 aromatic heterocycles. The van der Waals surface area contributed by atoms with Crippen molar-refractivity contribution >= 4 is 24.1 Å². The average Bonchev–Trinajstić information content (AvgIpc) is 2.85. The smallest absolute Gasteiger partial charge is 0.287 e. The van der Waals surface area contributed by atoms with Crippen molar-refractivity contribution in [2.24, 2.45) is 5.10 Å². The number of nitrogens with one attached hydrogen (secondary N) is 2. The van der Waals surface area contributed by atoms with Gasteiger partial charge in [0, 0.05) is 5.56 Å². The summed E-state index contributed by atoms with van der Waals surface area (Å²) in [4.78, 5) is 25.4. The topological polar surface area (TPSA) is 89.0 Å². The molecule has 32 heavy (non-hydrogen) atoms. The van der Waals surface area contributed by atoms with Gasteiger partial charge in [-0.05, 0) is 65.7 Å². The van der Waals surface area contributed by atoms with E-state index in [4.69, 9.17) is 9.47 Å². The van der Waals surface area contributed by atoms with E-state index in [0.717, 1.165) is 11.3 Å². The maximum atomic E-state index is 12.8. The first-order valence-corrected chi connectivity index (χ1v) is 9.78. The van der Waals surface area contributed by atoms with Gasteiger partial charge in [-0.2, -0.15) is 5.10 Å². The van der Waals surface area contributed by atoms with Crippen molar-refractivity contribution in [1.82, 2.24) is 10.7 Å². The van der Waals surface area contributed by atoms with Gasteiger partial charge in [-0.15, -0.1) is 0 Å². The molecule has 0 unspecified atom stereocenters. The lowest BCUT2D eigenvalue weighted by Crippen LogP contribution is -2.32. The molecule has 7 nitrogen and oxygen atoms in total. The second-order valence-corrected chi connectivity index (χ2v) is 6.62. The lowest BCUT2D eigenvalue weighted by molar-refractivity contribution is -0.117. The van der Waals surface area contributed by atoms with Gasteiger partial charge in [-0.1, -0.05) is 30.3 Å². The molecule has 0 aliphatic carbocycles. The maximum Gasteiger partial charge on any atom is 0.287 e. The first-order chi connectivity index (χ1) is 15.6. The van der Waals surface area contributed by atoms with Gasteiger partial charge in [0.2, 0.25) is 0 Å². The molecule has 0 fully saturated rings. The third-order valence-corrected chi connectivity index (χ3v) is 4.45. The molecule has 3 aromatic carbocycles. The summed E-state index contributed by atoms with van der Waals surface area (Å²) in [5.41, 5.74) is 4.43. The minimum atomic E-state index is -0.560. The van der Waals surface area contributed by atoms with Gasteiger partial charge >= 0.3 is 0 Å². The number of hydrogen-bond acceptors (Lipinski definition) is 5. The number of hydrogen-bond donors (Lipinski definition) is 2. The summed E-state index contributed by atoms with van der Waals surface area (Å²) in [5, 5.41) is 6.65. The van der Waals surface area contributed by atoms with Crippen molar-refractivity contribution in [3.05, 3.63) is 101 Å². The Bertz CT molecular complexity index is 1110. The van der Waals surface area contributed by atoms with Crippen molar-refractivity contribution in [2.45, 2.75) is 0 Å². The van der Waals surface area contributed by atoms with Crippen LogP contribution in [0.1, 0.15) is 21.5 Å². The highest BCUT2D eigenvalue weighted by atomic mass is 16.5. The van der Waals surface area contributed by atoms with Crippen LogP contribution in [-0.4, -0.2) is 32.2 Å². The molecule has 0 spiro atoms. The Morgan fingerprint density at radius 3 is 1.91 bits per heavy atom. The van der Waals surface area contributed by atoms with Gasteiger partial charge in [-0.25, -0.2) is 5.43 Å². The lowest BCUT2D eigenvalue weighted by atomic mass is 10.1. The average molecular weight is 429 g/mol. The number of amides is 2. The summed E-state index contributed by atoms with van der Waals surface area (Å²) in [7, 11) is 3.16. The third kappa shape index (κ3) is 6.30. The van der Waals surface area contributed by atoms with Crippen LogP contribution in [0, 0.1) is 0 Å². The quantitative estimate of drug-likeness (QED) is 0.325. The SMILES string of the molecule is COc1ccc(/C=N\NC(=O)/C(=C/c2ccc(OC)cc2)NC(=O)c2ccccc2)cc1. The first-order valence-electron chi connectivity index (χ1n) is 9.78. The molecule has 0 atom stereocenters. The Labute approximate surface area is 186 Å². The molecule has 0 saturated heterocycles. The van der Waals surface area contributed by atoms with Crippen LogP contribution in [0.25, 0.3) is 6.08 Å². The Hall–Kier alpha value is -4.39. The molecule has 3 aromatic rings. The number of benzene rings is 3. The minimum absolute atomic E-state index is 0.0518. The zero-order valence-corrected chi connectivity index (χ0v) is 17.7. The van der Waals surface area contributed by atoms with Gasteiger partial charge in [0.1, 0.15) is 17.2 Å². The highest BCUT2D eigenvalue weighted by Gasteiger charge is 2.14. The number of ether oxygens (including phenoxy) is 2. The molecule has 0 heterocycles. The minimum Gasteiger partial charge on any atom is -0.497 e. The van der Waals surface area contributed by atoms with Crippen LogP contribution >= 0.6 is 0 Å². The third-order valence-electron chi connectivity index (χ3n) is 4.45. The van der Waals surface area contributed by atoms with Gasteiger partial charge in [0.05, 0.1) is 20.4 Å². The Morgan fingerprint density at radius 1 is 0.781 bits per heavy atom. The molecule has 0 radical (unpaired) electrons. The standard InChI is InChI=1S/C25H23N3O4/c1-31-21-12-8-18(9-13-21)16-23(27-24(29)20-6-4-3-5-7-20)25(30)28-26-17-19-10-14-22(32-2)15-11-19/h3-17H,1-2H3,(H,27,29)(H,28,30)/b23-16-,26-17-. The van der Waals surface area contributed by atoms with Crippen LogP contribution < -0.4 is 20.2 Å². The number of methoxy groups -OCH3 is 2. The molecule has 0 bridgehead atoms. The van der Waals surface area contributed by atoms with E-state index in [0.29, 0.717) is 16.9 Å². The predicted molar refractivity (Wildman–Crippen MR) is 124 cm³/mol. The molecular formula is C25H23N3O4. The largest absolute Gasteiger partial charge is 0.497 e. The summed E-state index contributed by atoms with van der Waals surface area (Å²) in [6.45, 7) is 0. The van der Waals surface area contributed by atoms with Gasteiger partial charge in [0.25, 0.3) is 11.8 Å². The molecule has 162 valence electrons. The molecule has 7 heteroatoms. The molecule has 3 rings (SSSR count). The molecular weight excluding hydrogens is 406 g/mol. The second kappa shape index (κ2) is 11.1. The summed E-state index contributed by atoms with van der Waals surface area (Å²) in [5.74, 6) is 0.444. The van der Waals surface area contributed by atoms with Crippen molar-refractivity contribution in [3.8, 4) is 11.5 Å². The molecule has 2 N–H and O–H groups in total. The maximum absolute atomic E-state index is 12.8. The zero-order chi connectivity index (χ0) is 22.8. The van der Waals surface area contributed by atoms with Crippen molar-refractivity contribution in [3.63, 3.8) is 0 Å². The highest BCUT2D eigenvalue weighted by Crippen LogP contribution is 2.14. The van der Waals surface area contributed by atoms with Crippen molar-refractivity contribution < 1.29 is 19.1 Å². The molecule has 0 saturated carbocycles. The zero-order valence-electron chi connectivity index (χ0n) is 17.7. The van der Waals surface area contributed by atoms with E-state index in [1.54, 1.807) is 93.1 Å². The normalized spacial score (nSPS) is 11.1. The van der Waals surface area contributed by atoms with E-state index in [-0.39, 0.29) is 5.70 Å².